The number of carbonyl (C=O) groups excluding carboxylic acids is 2. The lowest BCUT2D eigenvalue weighted by Gasteiger charge is -2.17. The largest absolute Gasteiger partial charge is 0.341 e. The molecule has 0 aliphatic heterocycles. The maximum Gasteiger partial charge on any atom is 0.223 e. The Morgan fingerprint density at radius 1 is 0.870 bits per heavy atom. The molecule has 3 heteroatoms. The number of ketones is 1. The summed E-state index contributed by atoms with van der Waals surface area (Å²) >= 11 is 0. The van der Waals surface area contributed by atoms with Crippen molar-refractivity contribution < 1.29 is 9.59 Å². The second-order valence-corrected chi connectivity index (χ2v) is 5.71. The van der Waals surface area contributed by atoms with Gasteiger partial charge in [-0.1, -0.05) is 61.5 Å². The second kappa shape index (κ2) is 8.28. The van der Waals surface area contributed by atoms with Crippen LogP contribution in [0.3, 0.4) is 0 Å². The molecule has 0 aliphatic carbocycles. The Kier molecular flexibility index (Phi) is 6.10. The van der Waals surface area contributed by atoms with Gasteiger partial charge in [0.2, 0.25) is 5.91 Å². The van der Waals surface area contributed by atoms with Crippen LogP contribution in [-0.2, 0) is 17.8 Å². The number of hydrogen-bond acceptors (Lipinski definition) is 2. The van der Waals surface area contributed by atoms with Gasteiger partial charge in [0.1, 0.15) is 0 Å². The van der Waals surface area contributed by atoms with Gasteiger partial charge in [0, 0.05) is 32.0 Å². The summed E-state index contributed by atoms with van der Waals surface area (Å²) in [5, 5.41) is 0. The highest BCUT2D eigenvalue weighted by molar-refractivity contribution is 5.97. The maximum absolute atomic E-state index is 12.2. The third-order valence-electron chi connectivity index (χ3n) is 3.94. The Bertz CT molecular complexity index is 647. The summed E-state index contributed by atoms with van der Waals surface area (Å²) in [5.74, 6) is 0.00787. The molecule has 1 amide bonds. The highest BCUT2D eigenvalue weighted by Gasteiger charge is 2.13. The first kappa shape index (κ1) is 16.9. The molecule has 0 aromatic heterocycles. The standard InChI is InChI=1S/C20H23NO2/c1-3-16-9-11-17(12-10-16)15-21(2)20(23)14-13-19(22)18-7-5-4-6-8-18/h4-12H,3,13-15H2,1-2H3. The van der Waals surface area contributed by atoms with Crippen molar-refractivity contribution in [2.45, 2.75) is 32.7 Å². The molecule has 120 valence electrons. The van der Waals surface area contributed by atoms with Crippen LogP contribution in [0.2, 0.25) is 0 Å². The van der Waals surface area contributed by atoms with Crippen molar-refractivity contribution in [3.05, 3.63) is 71.3 Å². The van der Waals surface area contributed by atoms with Crippen LogP contribution in [0.25, 0.3) is 0 Å². The second-order valence-electron chi connectivity index (χ2n) is 5.71. The van der Waals surface area contributed by atoms with Crippen LogP contribution in [0.1, 0.15) is 41.3 Å². The summed E-state index contributed by atoms with van der Waals surface area (Å²) in [6.45, 7) is 2.69. The number of aryl methyl sites for hydroxylation is 1. The van der Waals surface area contributed by atoms with Gasteiger partial charge in [-0.2, -0.15) is 0 Å². The highest BCUT2D eigenvalue weighted by Crippen LogP contribution is 2.10. The van der Waals surface area contributed by atoms with Gasteiger partial charge in [-0.3, -0.25) is 9.59 Å². The average molecular weight is 309 g/mol. The van der Waals surface area contributed by atoms with E-state index in [1.807, 2.05) is 18.2 Å². The van der Waals surface area contributed by atoms with Crippen molar-refractivity contribution in [3.63, 3.8) is 0 Å². The van der Waals surface area contributed by atoms with Crippen molar-refractivity contribution in [1.29, 1.82) is 0 Å². The third kappa shape index (κ3) is 5.06. The SMILES string of the molecule is CCc1ccc(CN(C)C(=O)CCC(=O)c2ccccc2)cc1. The van der Waals surface area contributed by atoms with Gasteiger partial charge < -0.3 is 4.90 Å². The molecule has 23 heavy (non-hydrogen) atoms. The lowest BCUT2D eigenvalue weighted by Crippen LogP contribution is -2.26. The topological polar surface area (TPSA) is 37.4 Å². The van der Waals surface area contributed by atoms with Crippen LogP contribution in [0.5, 0.6) is 0 Å². The summed E-state index contributed by atoms with van der Waals surface area (Å²) in [4.78, 5) is 25.9. The lowest BCUT2D eigenvalue weighted by molar-refractivity contribution is -0.130. The van der Waals surface area contributed by atoms with E-state index < -0.39 is 0 Å². The molecule has 0 saturated heterocycles. The van der Waals surface area contributed by atoms with Crippen molar-refractivity contribution in [3.8, 4) is 0 Å². The summed E-state index contributed by atoms with van der Waals surface area (Å²) in [7, 11) is 1.78. The van der Waals surface area contributed by atoms with Gasteiger partial charge >= 0.3 is 0 Å². The zero-order chi connectivity index (χ0) is 16.7. The maximum atomic E-state index is 12.2. The summed E-state index contributed by atoms with van der Waals surface area (Å²) < 4.78 is 0. The van der Waals surface area contributed by atoms with E-state index in [1.165, 1.54) is 5.56 Å². The van der Waals surface area contributed by atoms with E-state index in [1.54, 1.807) is 24.1 Å². The number of hydrogen-bond donors (Lipinski definition) is 0. The van der Waals surface area contributed by atoms with E-state index in [-0.39, 0.29) is 24.5 Å². The molecule has 0 spiro atoms. The normalized spacial score (nSPS) is 10.3. The van der Waals surface area contributed by atoms with Crippen LogP contribution in [0.4, 0.5) is 0 Å². The number of carbonyl (C=O) groups is 2. The van der Waals surface area contributed by atoms with E-state index in [2.05, 4.69) is 31.2 Å². The number of amides is 1. The fraction of sp³-hybridized carbons (Fsp3) is 0.300. The number of rotatable bonds is 7. The van der Waals surface area contributed by atoms with Gasteiger partial charge in [-0.15, -0.1) is 0 Å². The van der Waals surface area contributed by atoms with Gasteiger partial charge in [-0.25, -0.2) is 0 Å². The Hall–Kier alpha value is -2.42. The molecular weight excluding hydrogens is 286 g/mol. The van der Waals surface area contributed by atoms with Gasteiger partial charge in [-0.05, 0) is 17.5 Å². The summed E-state index contributed by atoms with van der Waals surface area (Å²) in [6.07, 6.45) is 1.51. The average Bonchev–Trinajstić information content (AvgIpc) is 2.60. The van der Waals surface area contributed by atoms with E-state index >= 15 is 0 Å². The van der Waals surface area contributed by atoms with Gasteiger partial charge in [0.15, 0.2) is 5.78 Å². The molecule has 2 rings (SSSR count). The Morgan fingerprint density at radius 3 is 2.09 bits per heavy atom. The van der Waals surface area contributed by atoms with E-state index in [0.717, 1.165) is 12.0 Å². The molecule has 3 nitrogen and oxygen atoms in total. The molecule has 0 aliphatic rings. The third-order valence-corrected chi connectivity index (χ3v) is 3.94. The lowest BCUT2D eigenvalue weighted by atomic mass is 10.1. The Morgan fingerprint density at radius 2 is 1.48 bits per heavy atom. The molecule has 0 atom stereocenters. The van der Waals surface area contributed by atoms with Crippen molar-refractivity contribution in [2.24, 2.45) is 0 Å². The van der Waals surface area contributed by atoms with Crippen LogP contribution in [0.15, 0.2) is 54.6 Å². The van der Waals surface area contributed by atoms with Crippen molar-refractivity contribution >= 4 is 11.7 Å². The highest BCUT2D eigenvalue weighted by atomic mass is 16.2. The van der Waals surface area contributed by atoms with Crippen LogP contribution < -0.4 is 0 Å². The predicted molar refractivity (Wildman–Crippen MR) is 92.3 cm³/mol. The van der Waals surface area contributed by atoms with Gasteiger partial charge in [0.25, 0.3) is 0 Å². The van der Waals surface area contributed by atoms with Crippen molar-refractivity contribution in [2.75, 3.05) is 7.05 Å². The number of nitrogens with zero attached hydrogens (tertiary/aromatic N) is 1. The number of benzene rings is 2. The fourth-order valence-corrected chi connectivity index (χ4v) is 2.42. The van der Waals surface area contributed by atoms with E-state index in [0.29, 0.717) is 12.1 Å². The van der Waals surface area contributed by atoms with Crippen LogP contribution in [0, 0.1) is 0 Å². The minimum absolute atomic E-state index is 0.00570. The van der Waals surface area contributed by atoms with Crippen LogP contribution >= 0.6 is 0 Å². The molecule has 0 bridgehead atoms. The molecule has 0 fully saturated rings. The quantitative estimate of drug-likeness (QED) is 0.728. The first-order valence-electron chi connectivity index (χ1n) is 8.00. The molecule has 0 unspecified atom stereocenters. The molecule has 2 aromatic carbocycles. The first-order valence-corrected chi connectivity index (χ1v) is 8.00. The Labute approximate surface area is 137 Å². The van der Waals surface area contributed by atoms with Gasteiger partial charge in [0.05, 0.1) is 0 Å². The zero-order valence-electron chi connectivity index (χ0n) is 13.8. The molecule has 0 N–H and O–H groups in total. The Balaban J connectivity index is 1.83. The van der Waals surface area contributed by atoms with E-state index in [9.17, 15) is 9.59 Å². The molecule has 0 radical (unpaired) electrons. The van der Waals surface area contributed by atoms with Crippen LogP contribution in [-0.4, -0.2) is 23.6 Å². The molecule has 0 saturated carbocycles. The molecular formula is C20H23NO2. The fourth-order valence-electron chi connectivity index (χ4n) is 2.42. The summed E-state index contributed by atoms with van der Waals surface area (Å²) in [5.41, 5.74) is 3.06. The number of Topliss-reactive ketones (excluding diaryl/α,β-unsaturated/α-hetero) is 1. The van der Waals surface area contributed by atoms with Crippen molar-refractivity contribution in [1.82, 2.24) is 4.90 Å². The molecule has 2 aromatic rings. The molecule has 0 heterocycles. The van der Waals surface area contributed by atoms with E-state index in [4.69, 9.17) is 0 Å². The summed E-state index contributed by atoms with van der Waals surface area (Å²) in [6, 6.07) is 17.4. The first-order chi connectivity index (χ1) is 11.1. The predicted octanol–water partition coefficient (Wildman–Crippen LogP) is 3.87. The zero-order valence-corrected chi connectivity index (χ0v) is 13.8. The smallest absolute Gasteiger partial charge is 0.223 e. The monoisotopic (exact) mass is 309 g/mol. The minimum Gasteiger partial charge on any atom is -0.341 e. The minimum atomic E-state index is -0.00570.